The van der Waals surface area contributed by atoms with Crippen molar-refractivity contribution < 1.29 is 23.9 Å². The van der Waals surface area contributed by atoms with Gasteiger partial charge in [-0.25, -0.2) is 4.99 Å². The SMILES string of the molecule is CC(C)C1C(=O)N(CC(=O)N[C@@H](Cc2ccccc2)C(=O)C2=NC(C)(C)CO2)C(c2ccccc2)=CN1C(=O)c1ccccn1. The fraction of sp³-hybridized carbons (Fsp3) is 0.314. The number of carbonyl (C=O) groups is 4. The number of pyridine rings is 1. The van der Waals surface area contributed by atoms with Crippen molar-refractivity contribution >= 4 is 35.1 Å². The summed E-state index contributed by atoms with van der Waals surface area (Å²) in [5.74, 6) is -2.12. The third-order valence-electron chi connectivity index (χ3n) is 7.60. The smallest absolute Gasteiger partial charge is 0.277 e. The highest BCUT2D eigenvalue weighted by atomic mass is 16.5. The Morgan fingerprint density at radius 1 is 0.978 bits per heavy atom. The fourth-order valence-electron chi connectivity index (χ4n) is 5.40. The second-order valence-electron chi connectivity index (χ2n) is 12.1. The minimum absolute atomic E-state index is 0.0244. The first kappa shape index (κ1) is 31.3. The Morgan fingerprint density at radius 2 is 1.64 bits per heavy atom. The van der Waals surface area contributed by atoms with Crippen molar-refractivity contribution in [2.75, 3.05) is 13.2 Å². The van der Waals surface area contributed by atoms with Gasteiger partial charge in [0.2, 0.25) is 11.7 Å². The minimum atomic E-state index is -0.972. The number of nitrogens with zero attached hydrogens (tertiary/aromatic N) is 4. The molecule has 2 atom stereocenters. The average molecular weight is 608 g/mol. The lowest BCUT2D eigenvalue weighted by atomic mass is 9.96. The molecular formula is C35H37N5O5. The van der Waals surface area contributed by atoms with Gasteiger partial charge < -0.3 is 10.1 Å². The predicted octanol–water partition coefficient (Wildman–Crippen LogP) is 3.89. The number of rotatable bonds is 10. The van der Waals surface area contributed by atoms with E-state index >= 15 is 0 Å². The Kier molecular flexibility index (Phi) is 9.22. The number of ether oxygens (including phenoxy) is 1. The van der Waals surface area contributed by atoms with E-state index in [0.717, 1.165) is 5.56 Å². The van der Waals surface area contributed by atoms with Crippen LogP contribution in [-0.2, 0) is 25.5 Å². The summed E-state index contributed by atoms with van der Waals surface area (Å²) in [6.07, 6.45) is 3.35. The number of ketones is 1. The lowest BCUT2D eigenvalue weighted by molar-refractivity contribution is -0.138. The Hall–Kier alpha value is -5.12. The second kappa shape index (κ2) is 13.3. The van der Waals surface area contributed by atoms with Crippen LogP contribution in [0.3, 0.4) is 0 Å². The molecule has 3 heterocycles. The molecule has 5 rings (SSSR count). The molecule has 10 nitrogen and oxygen atoms in total. The first-order valence-electron chi connectivity index (χ1n) is 15.0. The molecule has 10 heteroatoms. The van der Waals surface area contributed by atoms with E-state index in [4.69, 9.17) is 4.74 Å². The van der Waals surface area contributed by atoms with E-state index in [1.165, 1.54) is 16.0 Å². The summed E-state index contributed by atoms with van der Waals surface area (Å²) in [6.45, 7) is 7.32. The number of aliphatic imine (C=N–C) groups is 1. The topological polar surface area (TPSA) is 121 Å². The van der Waals surface area contributed by atoms with Gasteiger partial charge >= 0.3 is 0 Å². The molecule has 232 valence electrons. The Bertz CT molecular complexity index is 1620. The molecule has 1 N–H and O–H groups in total. The second-order valence-corrected chi connectivity index (χ2v) is 12.1. The van der Waals surface area contributed by atoms with Gasteiger partial charge in [-0.3, -0.25) is 34.0 Å². The van der Waals surface area contributed by atoms with Crippen LogP contribution >= 0.6 is 0 Å². The van der Waals surface area contributed by atoms with Crippen molar-refractivity contribution in [1.29, 1.82) is 0 Å². The van der Waals surface area contributed by atoms with E-state index < -0.39 is 41.1 Å². The van der Waals surface area contributed by atoms with E-state index in [0.29, 0.717) is 11.3 Å². The highest BCUT2D eigenvalue weighted by Crippen LogP contribution is 2.31. The zero-order chi connectivity index (χ0) is 32.1. The van der Waals surface area contributed by atoms with Gasteiger partial charge in [0.25, 0.3) is 17.7 Å². The summed E-state index contributed by atoms with van der Waals surface area (Å²) in [7, 11) is 0. The molecule has 0 radical (unpaired) electrons. The van der Waals surface area contributed by atoms with Crippen LogP contribution in [-0.4, -0.2) is 75.0 Å². The monoisotopic (exact) mass is 607 g/mol. The van der Waals surface area contributed by atoms with Gasteiger partial charge in [0.1, 0.15) is 30.9 Å². The first-order valence-corrected chi connectivity index (χ1v) is 15.0. The maximum atomic E-state index is 14.2. The van der Waals surface area contributed by atoms with E-state index in [1.54, 1.807) is 24.4 Å². The minimum Gasteiger partial charge on any atom is -0.473 e. The number of nitrogens with one attached hydrogen (secondary N) is 1. The van der Waals surface area contributed by atoms with Gasteiger partial charge in [0, 0.05) is 18.8 Å². The summed E-state index contributed by atoms with van der Waals surface area (Å²) in [4.78, 5) is 66.6. The Labute approximate surface area is 262 Å². The predicted molar refractivity (Wildman–Crippen MR) is 170 cm³/mol. The first-order chi connectivity index (χ1) is 21.5. The summed E-state index contributed by atoms with van der Waals surface area (Å²) >= 11 is 0. The lowest BCUT2D eigenvalue weighted by Gasteiger charge is -2.41. The zero-order valence-corrected chi connectivity index (χ0v) is 25.8. The van der Waals surface area contributed by atoms with Crippen LogP contribution in [0.5, 0.6) is 0 Å². The van der Waals surface area contributed by atoms with Crippen LogP contribution in [0.2, 0.25) is 0 Å². The molecule has 45 heavy (non-hydrogen) atoms. The number of amides is 3. The van der Waals surface area contributed by atoms with Crippen molar-refractivity contribution in [3.63, 3.8) is 0 Å². The maximum Gasteiger partial charge on any atom is 0.277 e. The average Bonchev–Trinajstić information content (AvgIpc) is 3.41. The standard InChI is InChI=1S/C35H37N5O5/c1-23(2)30-34(44)39(28(25-15-9-6-10-16-25)20-40(30)33(43)26-17-11-12-18-36-26)21-29(41)37-27(19-24-13-7-5-8-14-24)31(42)32-38-35(3,4)22-45-32/h5-18,20,23,27,30H,19,21-22H2,1-4H3,(H,37,41)/t27-,30?/m0/s1. The highest BCUT2D eigenvalue weighted by molar-refractivity contribution is 6.39. The van der Waals surface area contributed by atoms with Gasteiger partial charge in [-0.15, -0.1) is 0 Å². The van der Waals surface area contributed by atoms with E-state index in [-0.39, 0.29) is 37.1 Å². The van der Waals surface area contributed by atoms with Gasteiger partial charge in [0.15, 0.2) is 0 Å². The van der Waals surface area contributed by atoms with Crippen molar-refractivity contribution in [3.8, 4) is 0 Å². The maximum absolute atomic E-state index is 14.2. The molecule has 0 fully saturated rings. The number of Topliss-reactive ketones (excluding diaryl/α,β-unsaturated/α-hetero) is 1. The van der Waals surface area contributed by atoms with Crippen LogP contribution in [0.25, 0.3) is 5.70 Å². The zero-order valence-electron chi connectivity index (χ0n) is 25.8. The molecule has 3 aromatic rings. The van der Waals surface area contributed by atoms with Gasteiger partial charge in [-0.2, -0.15) is 0 Å². The van der Waals surface area contributed by atoms with Crippen LogP contribution in [0.4, 0.5) is 0 Å². The summed E-state index contributed by atoms with van der Waals surface area (Å²) in [5.41, 5.74) is 1.53. The normalized spacial score (nSPS) is 18.2. The number of aromatic nitrogens is 1. The quantitative estimate of drug-likeness (QED) is 0.373. The molecule has 1 unspecified atom stereocenters. The van der Waals surface area contributed by atoms with Crippen LogP contribution < -0.4 is 5.32 Å². The molecule has 0 spiro atoms. The van der Waals surface area contributed by atoms with E-state index in [2.05, 4.69) is 15.3 Å². The third kappa shape index (κ3) is 7.17. The number of hydrogen-bond acceptors (Lipinski definition) is 7. The van der Waals surface area contributed by atoms with Crippen molar-refractivity contribution in [3.05, 3.63) is 108 Å². The summed E-state index contributed by atoms with van der Waals surface area (Å²) in [5, 5.41) is 2.85. The molecule has 0 saturated carbocycles. The summed E-state index contributed by atoms with van der Waals surface area (Å²) in [6, 6.07) is 21.6. The molecule has 0 saturated heterocycles. The Morgan fingerprint density at radius 3 is 2.24 bits per heavy atom. The molecule has 0 bridgehead atoms. The molecular weight excluding hydrogens is 570 g/mol. The molecule has 2 aromatic carbocycles. The molecule has 0 aliphatic carbocycles. The van der Waals surface area contributed by atoms with Crippen molar-refractivity contribution in [2.45, 2.75) is 51.7 Å². The third-order valence-corrected chi connectivity index (χ3v) is 7.60. The lowest BCUT2D eigenvalue weighted by Crippen LogP contribution is -2.57. The fourth-order valence-corrected chi connectivity index (χ4v) is 5.40. The molecule has 3 amide bonds. The molecule has 2 aliphatic heterocycles. The van der Waals surface area contributed by atoms with Crippen molar-refractivity contribution in [2.24, 2.45) is 10.9 Å². The van der Waals surface area contributed by atoms with Crippen molar-refractivity contribution in [1.82, 2.24) is 20.1 Å². The molecule has 2 aliphatic rings. The van der Waals surface area contributed by atoms with Gasteiger partial charge in [0.05, 0.1) is 11.2 Å². The number of benzene rings is 2. The van der Waals surface area contributed by atoms with E-state index in [1.807, 2.05) is 88.4 Å². The largest absolute Gasteiger partial charge is 0.473 e. The van der Waals surface area contributed by atoms with Crippen LogP contribution in [0, 0.1) is 5.92 Å². The number of hydrogen-bond donors (Lipinski definition) is 1. The van der Waals surface area contributed by atoms with Crippen LogP contribution in [0.15, 0.2) is 96.3 Å². The van der Waals surface area contributed by atoms with Crippen LogP contribution in [0.1, 0.15) is 49.3 Å². The number of carbonyl (C=O) groups excluding carboxylic acids is 4. The van der Waals surface area contributed by atoms with Gasteiger partial charge in [-0.1, -0.05) is 80.6 Å². The Balaban J connectivity index is 1.47. The van der Waals surface area contributed by atoms with E-state index in [9.17, 15) is 19.2 Å². The van der Waals surface area contributed by atoms with Gasteiger partial charge in [-0.05, 0) is 43.0 Å². The summed E-state index contributed by atoms with van der Waals surface area (Å²) < 4.78 is 5.62. The molecule has 1 aromatic heterocycles. The highest BCUT2D eigenvalue weighted by Gasteiger charge is 2.42.